The van der Waals surface area contributed by atoms with Crippen LogP contribution in [-0.4, -0.2) is 12.7 Å². The highest BCUT2D eigenvalue weighted by molar-refractivity contribution is 7.10. The van der Waals surface area contributed by atoms with Crippen LogP contribution in [0.4, 0.5) is 0 Å². The second-order valence-electron chi connectivity index (χ2n) is 4.71. The number of rotatable bonds is 5. The van der Waals surface area contributed by atoms with Crippen molar-refractivity contribution in [1.29, 1.82) is 0 Å². The minimum absolute atomic E-state index is 0.0145. The Morgan fingerprint density at radius 1 is 1.56 bits per heavy atom. The molecule has 0 saturated heterocycles. The lowest BCUT2D eigenvalue weighted by Gasteiger charge is -2.24. The largest absolute Gasteiger partial charge is 0.379 e. The molecular weight excluding hydrogens is 242 g/mol. The van der Waals surface area contributed by atoms with E-state index < -0.39 is 0 Å². The van der Waals surface area contributed by atoms with E-state index in [1.165, 1.54) is 0 Å². The van der Waals surface area contributed by atoms with Gasteiger partial charge in [0, 0.05) is 18.0 Å². The second-order valence-corrected chi connectivity index (χ2v) is 6.00. The highest BCUT2D eigenvalue weighted by Crippen LogP contribution is 2.34. The van der Waals surface area contributed by atoms with Crippen molar-refractivity contribution >= 4 is 22.9 Å². The number of hydrogen-bond acceptors (Lipinski definition) is 3. The van der Waals surface area contributed by atoms with Gasteiger partial charge in [0.25, 0.3) is 0 Å². The van der Waals surface area contributed by atoms with Gasteiger partial charge in [0.15, 0.2) is 0 Å². The summed E-state index contributed by atoms with van der Waals surface area (Å²) < 4.78 is 5.37. The molecule has 92 valence electrons. The fraction of sp³-hybridized carbons (Fsp3) is 0.667. The highest BCUT2D eigenvalue weighted by atomic mass is 35.5. The lowest BCUT2D eigenvalue weighted by Crippen LogP contribution is -2.24. The van der Waals surface area contributed by atoms with Crippen molar-refractivity contribution in [3.8, 4) is 0 Å². The van der Waals surface area contributed by atoms with Crippen LogP contribution >= 0.6 is 22.9 Å². The molecule has 0 saturated carbocycles. The van der Waals surface area contributed by atoms with E-state index in [0.717, 1.165) is 28.3 Å². The Balaban J connectivity index is 2.60. The number of nitrogens with two attached hydrogens (primary N) is 1. The molecule has 4 heteroatoms. The van der Waals surface area contributed by atoms with E-state index in [-0.39, 0.29) is 11.6 Å². The first kappa shape index (κ1) is 14.0. The molecule has 1 aromatic heterocycles. The van der Waals surface area contributed by atoms with Crippen LogP contribution < -0.4 is 5.73 Å². The zero-order valence-corrected chi connectivity index (χ0v) is 11.9. The predicted molar refractivity (Wildman–Crippen MR) is 71.3 cm³/mol. The van der Waals surface area contributed by atoms with Gasteiger partial charge in [-0.15, -0.1) is 11.3 Å². The summed E-state index contributed by atoms with van der Waals surface area (Å²) >= 11 is 7.83. The van der Waals surface area contributed by atoms with Crippen molar-refractivity contribution in [3.05, 3.63) is 20.8 Å². The van der Waals surface area contributed by atoms with Crippen LogP contribution in [0.2, 0.25) is 5.02 Å². The molecular formula is C12H20ClNOS. The molecule has 1 rings (SSSR count). The van der Waals surface area contributed by atoms with Crippen molar-refractivity contribution in [1.82, 2.24) is 0 Å². The van der Waals surface area contributed by atoms with Gasteiger partial charge in [-0.2, -0.15) is 0 Å². The van der Waals surface area contributed by atoms with Crippen LogP contribution in [0, 0.1) is 6.92 Å². The van der Waals surface area contributed by atoms with Crippen LogP contribution in [0.1, 0.15) is 43.2 Å². The van der Waals surface area contributed by atoms with Crippen LogP contribution in [0.15, 0.2) is 5.38 Å². The Morgan fingerprint density at radius 3 is 2.62 bits per heavy atom. The first-order chi connectivity index (χ1) is 7.37. The van der Waals surface area contributed by atoms with Gasteiger partial charge in [-0.05, 0) is 44.6 Å². The highest BCUT2D eigenvalue weighted by Gasteiger charge is 2.20. The molecule has 1 unspecified atom stereocenters. The molecule has 2 nitrogen and oxygen atoms in total. The van der Waals surface area contributed by atoms with Crippen molar-refractivity contribution < 1.29 is 4.74 Å². The predicted octanol–water partition coefficient (Wildman–Crippen LogP) is 3.91. The average Bonchev–Trinajstić information content (AvgIpc) is 2.57. The molecule has 0 aliphatic carbocycles. The standard InChI is InChI=1S/C12H20ClNOS/c1-8-7-16-11(10(8)13)9(14)5-6-12(2,3)15-4/h7,9H,5-6,14H2,1-4H3. The molecule has 1 heterocycles. The molecule has 0 aromatic carbocycles. The Hall–Kier alpha value is -0.0900. The van der Waals surface area contributed by atoms with Crippen LogP contribution in [-0.2, 0) is 4.74 Å². The number of hydrogen-bond donors (Lipinski definition) is 1. The Kier molecular flexibility index (Phi) is 4.80. The zero-order chi connectivity index (χ0) is 12.3. The van der Waals surface area contributed by atoms with Gasteiger partial charge in [-0.3, -0.25) is 0 Å². The Labute approximate surface area is 107 Å². The van der Waals surface area contributed by atoms with Gasteiger partial charge >= 0.3 is 0 Å². The lowest BCUT2D eigenvalue weighted by atomic mass is 9.98. The monoisotopic (exact) mass is 261 g/mol. The fourth-order valence-corrected chi connectivity index (χ4v) is 2.81. The van der Waals surface area contributed by atoms with Gasteiger partial charge in [0.1, 0.15) is 0 Å². The first-order valence-corrected chi connectivity index (χ1v) is 6.67. The third-order valence-corrected chi connectivity index (χ3v) is 4.72. The van der Waals surface area contributed by atoms with Crippen molar-refractivity contribution in [2.45, 2.75) is 45.3 Å². The third-order valence-electron chi connectivity index (χ3n) is 2.87. The van der Waals surface area contributed by atoms with Gasteiger partial charge in [0.2, 0.25) is 0 Å². The minimum atomic E-state index is -0.115. The van der Waals surface area contributed by atoms with E-state index in [4.69, 9.17) is 22.1 Å². The lowest BCUT2D eigenvalue weighted by molar-refractivity contribution is 0.0125. The summed E-state index contributed by atoms with van der Waals surface area (Å²) in [4.78, 5) is 1.09. The van der Waals surface area contributed by atoms with E-state index in [1.807, 2.05) is 6.92 Å². The number of thiophene rings is 1. The number of methoxy groups -OCH3 is 1. The molecule has 1 atom stereocenters. The smallest absolute Gasteiger partial charge is 0.0623 e. The van der Waals surface area contributed by atoms with Gasteiger partial charge in [-0.1, -0.05) is 11.6 Å². The summed E-state index contributed by atoms with van der Waals surface area (Å²) in [6.07, 6.45) is 1.82. The maximum atomic E-state index is 6.19. The topological polar surface area (TPSA) is 35.2 Å². The second kappa shape index (κ2) is 5.50. The van der Waals surface area contributed by atoms with E-state index in [9.17, 15) is 0 Å². The van der Waals surface area contributed by atoms with Crippen molar-refractivity contribution in [3.63, 3.8) is 0 Å². The van der Waals surface area contributed by atoms with E-state index in [0.29, 0.717) is 0 Å². The van der Waals surface area contributed by atoms with Gasteiger partial charge < -0.3 is 10.5 Å². The Bertz CT molecular complexity index is 349. The minimum Gasteiger partial charge on any atom is -0.379 e. The first-order valence-electron chi connectivity index (χ1n) is 5.41. The van der Waals surface area contributed by atoms with E-state index in [2.05, 4.69) is 19.2 Å². The Morgan fingerprint density at radius 2 is 2.19 bits per heavy atom. The fourth-order valence-electron chi connectivity index (χ4n) is 1.44. The van der Waals surface area contributed by atoms with Crippen LogP contribution in [0.3, 0.4) is 0 Å². The molecule has 0 bridgehead atoms. The van der Waals surface area contributed by atoms with E-state index >= 15 is 0 Å². The van der Waals surface area contributed by atoms with Crippen molar-refractivity contribution in [2.24, 2.45) is 5.73 Å². The van der Waals surface area contributed by atoms with Gasteiger partial charge in [0.05, 0.1) is 10.6 Å². The molecule has 0 spiro atoms. The number of halogens is 1. The molecule has 2 N–H and O–H groups in total. The summed E-state index contributed by atoms with van der Waals surface area (Å²) in [6.45, 7) is 6.15. The summed E-state index contributed by atoms with van der Waals surface area (Å²) in [5, 5.41) is 2.88. The molecule has 0 fully saturated rings. The molecule has 0 radical (unpaired) electrons. The molecule has 16 heavy (non-hydrogen) atoms. The molecule has 1 aromatic rings. The molecule has 0 aliphatic rings. The maximum Gasteiger partial charge on any atom is 0.0623 e. The number of aryl methyl sites for hydroxylation is 1. The summed E-state index contributed by atoms with van der Waals surface area (Å²) in [7, 11) is 1.73. The summed E-state index contributed by atoms with van der Waals surface area (Å²) in [5.74, 6) is 0. The van der Waals surface area contributed by atoms with E-state index in [1.54, 1.807) is 18.4 Å². The molecule has 0 aliphatic heterocycles. The number of ether oxygens (including phenoxy) is 1. The summed E-state index contributed by atoms with van der Waals surface area (Å²) in [6, 6.07) is 0.0145. The molecule has 0 amide bonds. The quantitative estimate of drug-likeness (QED) is 0.872. The van der Waals surface area contributed by atoms with Crippen molar-refractivity contribution in [2.75, 3.05) is 7.11 Å². The summed E-state index contributed by atoms with van der Waals surface area (Å²) in [5.41, 5.74) is 7.14. The normalized spacial score (nSPS) is 14.1. The van der Waals surface area contributed by atoms with Crippen LogP contribution in [0.5, 0.6) is 0 Å². The zero-order valence-electron chi connectivity index (χ0n) is 10.3. The van der Waals surface area contributed by atoms with Gasteiger partial charge in [-0.25, -0.2) is 0 Å². The maximum absolute atomic E-state index is 6.19. The third kappa shape index (κ3) is 3.45. The van der Waals surface area contributed by atoms with Crippen LogP contribution in [0.25, 0.3) is 0 Å². The average molecular weight is 262 g/mol. The SMILES string of the molecule is COC(C)(C)CCC(N)c1scc(C)c1Cl.